The number of amides is 2. The molecular formula is C11H17N3O4. The van der Waals surface area contributed by atoms with Gasteiger partial charge in [0.05, 0.1) is 31.5 Å². The first-order valence-electron chi connectivity index (χ1n) is 5.77. The zero-order valence-electron chi connectivity index (χ0n) is 10.3. The number of carbonyl (C=O) groups excluding carboxylic acids is 1. The Kier molecular flexibility index (Phi) is 3.83. The molecule has 2 aliphatic heterocycles. The lowest BCUT2D eigenvalue weighted by Gasteiger charge is -2.29. The summed E-state index contributed by atoms with van der Waals surface area (Å²) in [5.41, 5.74) is 0.711. The van der Waals surface area contributed by atoms with Gasteiger partial charge >= 0.3 is 6.03 Å². The molecule has 0 aromatic carbocycles. The van der Waals surface area contributed by atoms with E-state index in [-0.39, 0.29) is 31.3 Å². The molecule has 2 saturated heterocycles. The average Bonchev–Trinajstić information content (AvgIpc) is 2.65. The minimum atomic E-state index is -0.264. The van der Waals surface area contributed by atoms with Gasteiger partial charge in [-0.2, -0.15) is 5.06 Å². The van der Waals surface area contributed by atoms with E-state index in [1.807, 2.05) is 0 Å². The maximum atomic E-state index is 12.1. The van der Waals surface area contributed by atoms with E-state index in [9.17, 15) is 9.90 Å². The van der Waals surface area contributed by atoms with Crippen molar-refractivity contribution >= 4 is 11.7 Å². The lowest BCUT2D eigenvalue weighted by molar-refractivity contribution is -0.104. The minimum Gasteiger partial charge on any atom is -0.399 e. The molecule has 2 rings (SSSR count). The van der Waals surface area contributed by atoms with Crippen molar-refractivity contribution < 1.29 is 19.6 Å². The molecule has 2 heterocycles. The Balaban J connectivity index is 2.22. The maximum absolute atomic E-state index is 12.1. The predicted molar refractivity (Wildman–Crippen MR) is 63.8 cm³/mol. The van der Waals surface area contributed by atoms with E-state index in [0.29, 0.717) is 18.7 Å². The lowest BCUT2D eigenvalue weighted by atomic mass is 9.99. The van der Waals surface area contributed by atoms with Gasteiger partial charge in [-0.25, -0.2) is 4.79 Å². The highest BCUT2D eigenvalue weighted by Gasteiger charge is 2.49. The Bertz CT molecular complexity index is 371. The van der Waals surface area contributed by atoms with E-state index in [0.717, 1.165) is 0 Å². The van der Waals surface area contributed by atoms with Crippen molar-refractivity contribution in [3.63, 3.8) is 0 Å². The first kappa shape index (κ1) is 12.8. The van der Waals surface area contributed by atoms with Gasteiger partial charge in [0.25, 0.3) is 0 Å². The van der Waals surface area contributed by atoms with Gasteiger partial charge in [0.15, 0.2) is 0 Å². The normalized spacial score (nSPS) is 29.0. The summed E-state index contributed by atoms with van der Waals surface area (Å²) < 4.78 is 0. The van der Waals surface area contributed by atoms with E-state index in [1.165, 1.54) is 12.2 Å². The smallest absolute Gasteiger partial charge is 0.345 e. The second-order valence-electron chi connectivity index (χ2n) is 4.17. The van der Waals surface area contributed by atoms with Crippen LogP contribution in [-0.2, 0) is 9.68 Å². The van der Waals surface area contributed by atoms with Crippen molar-refractivity contribution in [1.82, 2.24) is 9.96 Å². The molecule has 7 heteroatoms. The number of piperidine rings is 1. The highest BCUT2D eigenvalue weighted by atomic mass is 16.7. The molecule has 0 aliphatic carbocycles. The van der Waals surface area contributed by atoms with E-state index in [1.54, 1.807) is 11.0 Å². The third kappa shape index (κ3) is 2.06. The Morgan fingerprint density at radius 3 is 3.06 bits per heavy atom. The average molecular weight is 255 g/mol. The quantitative estimate of drug-likeness (QED) is 0.553. The molecule has 0 unspecified atom stereocenters. The number of rotatable bonds is 5. The number of carbonyl (C=O) groups is 1. The molecule has 2 fully saturated rings. The molecule has 0 saturated carbocycles. The van der Waals surface area contributed by atoms with Gasteiger partial charge in [-0.3, -0.25) is 4.84 Å². The van der Waals surface area contributed by atoms with Crippen LogP contribution in [0.1, 0.15) is 6.42 Å². The number of hydrogen-bond donors (Lipinski definition) is 1. The van der Waals surface area contributed by atoms with Crippen molar-refractivity contribution in [2.45, 2.75) is 18.5 Å². The van der Waals surface area contributed by atoms with Crippen LogP contribution in [0.15, 0.2) is 17.8 Å². The van der Waals surface area contributed by atoms with Crippen LogP contribution in [0.5, 0.6) is 0 Å². The lowest BCUT2D eigenvalue weighted by Crippen LogP contribution is -2.46. The van der Waals surface area contributed by atoms with Crippen molar-refractivity contribution in [2.24, 2.45) is 5.16 Å². The molecule has 2 atom stereocenters. The third-order valence-electron chi connectivity index (χ3n) is 3.11. The topological polar surface area (TPSA) is 74.6 Å². The van der Waals surface area contributed by atoms with Crippen molar-refractivity contribution in [1.29, 1.82) is 0 Å². The highest BCUT2D eigenvalue weighted by Crippen LogP contribution is 2.28. The number of nitrogens with zero attached hydrogens (tertiary/aromatic N) is 3. The number of fused-ring (bicyclic) bond motifs is 2. The number of hydrogen-bond acceptors (Lipinski definition) is 5. The highest BCUT2D eigenvalue weighted by molar-refractivity contribution is 5.97. The van der Waals surface area contributed by atoms with Crippen LogP contribution < -0.4 is 0 Å². The summed E-state index contributed by atoms with van der Waals surface area (Å²) >= 11 is 0. The van der Waals surface area contributed by atoms with Gasteiger partial charge < -0.3 is 14.8 Å². The van der Waals surface area contributed by atoms with E-state index in [2.05, 4.69) is 11.7 Å². The molecule has 0 radical (unpaired) electrons. The van der Waals surface area contributed by atoms with Gasteiger partial charge in [0.2, 0.25) is 0 Å². The first-order valence-corrected chi connectivity index (χ1v) is 5.77. The van der Waals surface area contributed by atoms with Crippen LogP contribution >= 0.6 is 0 Å². The molecule has 0 aromatic heterocycles. The Hall–Kier alpha value is -1.60. The van der Waals surface area contributed by atoms with E-state index < -0.39 is 0 Å². The van der Waals surface area contributed by atoms with E-state index >= 15 is 0 Å². The molecule has 0 aromatic rings. The predicted octanol–water partition coefficient (Wildman–Crippen LogP) is -0.0228. The fourth-order valence-electron chi connectivity index (χ4n) is 2.29. The molecule has 2 bridgehead atoms. The van der Waals surface area contributed by atoms with Crippen LogP contribution in [-0.4, -0.2) is 65.8 Å². The van der Waals surface area contributed by atoms with Gasteiger partial charge in [0, 0.05) is 6.42 Å². The second kappa shape index (κ2) is 5.36. The number of aliphatic hydroxyl groups excluding tert-OH is 1. The standard InChI is InChI=1S/C11H17N3O4/c1-3-4-18-14-10-6-13(11(14)16)8(7-15)5-9(10)12-17-2/h3,8,10,15H,1,4-7H2,2H3/t8-,10-/m0/s1. The Morgan fingerprint density at radius 2 is 2.44 bits per heavy atom. The molecule has 1 N–H and O–H groups in total. The van der Waals surface area contributed by atoms with Crippen LogP contribution in [0, 0.1) is 0 Å². The molecular weight excluding hydrogens is 238 g/mol. The van der Waals surface area contributed by atoms with Crippen LogP contribution in [0.2, 0.25) is 0 Å². The fourth-order valence-corrected chi connectivity index (χ4v) is 2.29. The molecule has 100 valence electrons. The van der Waals surface area contributed by atoms with Crippen molar-refractivity contribution in [3.8, 4) is 0 Å². The summed E-state index contributed by atoms with van der Waals surface area (Å²) in [6.45, 7) is 4.16. The monoisotopic (exact) mass is 255 g/mol. The first-order chi connectivity index (χ1) is 8.72. The van der Waals surface area contributed by atoms with Gasteiger partial charge in [0.1, 0.15) is 13.2 Å². The maximum Gasteiger partial charge on any atom is 0.345 e. The van der Waals surface area contributed by atoms with Gasteiger partial charge in [-0.15, -0.1) is 6.58 Å². The summed E-state index contributed by atoms with van der Waals surface area (Å²) in [7, 11) is 1.46. The summed E-state index contributed by atoms with van der Waals surface area (Å²) in [6, 6.07) is -0.762. The second-order valence-corrected chi connectivity index (χ2v) is 4.17. The SMILES string of the molecule is C=CCON1C(=O)N2C[C@H]1C(=NOC)C[C@H]2CO. The molecule has 0 spiro atoms. The van der Waals surface area contributed by atoms with Gasteiger partial charge in [-0.05, 0) is 0 Å². The molecule has 2 aliphatic rings. The Morgan fingerprint density at radius 1 is 1.67 bits per heavy atom. The van der Waals surface area contributed by atoms with Crippen LogP contribution in [0.4, 0.5) is 4.79 Å². The molecule has 18 heavy (non-hydrogen) atoms. The van der Waals surface area contributed by atoms with E-state index in [4.69, 9.17) is 9.68 Å². The number of urea groups is 1. The largest absolute Gasteiger partial charge is 0.399 e. The summed E-state index contributed by atoms with van der Waals surface area (Å²) in [5.74, 6) is 0. The molecule has 7 nitrogen and oxygen atoms in total. The number of hydroxylamine groups is 2. The zero-order valence-corrected chi connectivity index (χ0v) is 10.3. The minimum absolute atomic E-state index is 0.101. The number of oxime groups is 1. The van der Waals surface area contributed by atoms with Crippen LogP contribution in [0.25, 0.3) is 0 Å². The zero-order chi connectivity index (χ0) is 13.1. The van der Waals surface area contributed by atoms with Crippen LogP contribution in [0.3, 0.4) is 0 Å². The summed E-state index contributed by atoms with van der Waals surface area (Å²) in [4.78, 5) is 23.8. The summed E-state index contributed by atoms with van der Waals surface area (Å²) in [5, 5.41) is 14.5. The fraction of sp³-hybridized carbons (Fsp3) is 0.636. The van der Waals surface area contributed by atoms with Crippen molar-refractivity contribution in [2.75, 3.05) is 26.9 Å². The van der Waals surface area contributed by atoms with Gasteiger partial charge in [-0.1, -0.05) is 11.2 Å². The third-order valence-corrected chi connectivity index (χ3v) is 3.11. The Labute approximate surface area is 105 Å². The summed E-state index contributed by atoms with van der Waals surface area (Å²) in [6.07, 6.45) is 2.07. The number of aliphatic hydroxyl groups is 1. The van der Waals surface area contributed by atoms with Crippen molar-refractivity contribution in [3.05, 3.63) is 12.7 Å². The molecule has 2 amide bonds.